The number of esters is 1. The molecule has 0 unspecified atom stereocenters. The molecule has 1 aromatic carbocycles. The number of hydrogen-bond donors (Lipinski definition) is 1. The molecule has 0 aliphatic heterocycles. The third kappa shape index (κ3) is 2.49. The molecule has 0 saturated carbocycles. The van der Waals surface area contributed by atoms with Crippen molar-refractivity contribution in [1.82, 2.24) is 9.97 Å². The standard InChI is InChI=1S/C12H11IN2O2/c1-7-10(12(16)17-2)15-11(14-7)8-3-5-9(13)6-4-8/h3-6H,1-2H3,(H,14,15). The molecule has 2 rings (SSSR count). The first-order chi connectivity index (χ1) is 8.11. The molecule has 1 N–H and O–H groups in total. The molecule has 0 radical (unpaired) electrons. The summed E-state index contributed by atoms with van der Waals surface area (Å²) < 4.78 is 5.82. The van der Waals surface area contributed by atoms with Crippen molar-refractivity contribution in [3.05, 3.63) is 39.2 Å². The van der Waals surface area contributed by atoms with Gasteiger partial charge in [-0.1, -0.05) is 12.1 Å². The van der Waals surface area contributed by atoms with E-state index in [0.29, 0.717) is 17.2 Å². The first kappa shape index (κ1) is 12.1. The molecule has 88 valence electrons. The summed E-state index contributed by atoms with van der Waals surface area (Å²) in [6, 6.07) is 7.90. The predicted molar refractivity (Wildman–Crippen MR) is 72.8 cm³/mol. The van der Waals surface area contributed by atoms with Crippen LogP contribution in [0.1, 0.15) is 16.2 Å². The summed E-state index contributed by atoms with van der Waals surface area (Å²) in [5.41, 5.74) is 2.00. The van der Waals surface area contributed by atoms with Crippen LogP contribution in [0.4, 0.5) is 0 Å². The summed E-state index contributed by atoms with van der Waals surface area (Å²) in [5.74, 6) is 0.259. The third-order valence-corrected chi connectivity index (χ3v) is 3.10. The molecule has 0 amide bonds. The highest BCUT2D eigenvalue weighted by molar-refractivity contribution is 14.1. The summed E-state index contributed by atoms with van der Waals surface area (Å²) in [6.07, 6.45) is 0. The van der Waals surface area contributed by atoms with Crippen molar-refractivity contribution in [3.63, 3.8) is 0 Å². The van der Waals surface area contributed by atoms with E-state index in [1.165, 1.54) is 7.11 Å². The van der Waals surface area contributed by atoms with Gasteiger partial charge in [0.1, 0.15) is 5.82 Å². The maximum absolute atomic E-state index is 11.4. The van der Waals surface area contributed by atoms with Gasteiger partial charge in [-0.05, 0) is 41.6 Å². The molecule has 4 nitrogen and oxygen atoms in total. The van der Waals surface area contributed by atoms with Crippen LogP contribution in [0, 0.1) is 10.5 Å². The lowest BCUT2D eigenvalue weighted by Crippen LogP contribution is -2.03. The number of nitrogens with zero attached hydrogens (tertiary/aromatic N) is 1. The van der Waals surface area contributed by atoms with E-state index in [-0.39, 0.29) is 0 Å². The number of imidazole rings is 1. The Morgan fingerprint density at radius 3 is 2.59 bits per heavy atom. The number of H-pyrrole nitrogens is 1. The van der Waals surface area contributed by atoms with Crippen LogP contribution < -0.4 is 0 Å². The summed E-state index contributed by atoms with van der Waals surface area (Å²) in [6.45, 7) is 1.80. The Bertz CT molecular complexity index is 546. The monoisotopic (exact) mass is 342 g/mol. The van der Waals surface area contributed by atoms with Crippen LogP contribution in [-0.2, 0) is 4.74 Å². The highest BCUT2D eigenvalue weighted by Crippen LogP contribution is 2.19. The summed E-state index contributed by atoms with van der Waals surface area (Å²) >= 11 is 2.24. The van der Waals surface area contributed by atoms with Crippen molar-refractivity contribution in [3.8, 4) is 11.4 Å². The lowest BCUT2D eigenvalue weighted by Gasteiger charge is -1.96. The molecular formula is C12H11IN2O2. The molecule has 0 atom stereocenters. The Labute approximate surface area is 113 Å². The van der Waals surface area contributed by atoms with Gasteiger partial charge in [-0.25, -0.2) is 9.78 Å². The van der Waals surface area contributed by atoms with Crippen LogP contribution in [0.2, 0.25) is 0 Å². The van der Waals surface area contributed by atoms with Gasteiger partial charge >= 0.3 is 5.97 Å². The maximum atomic E-state index is 11.4. The van der Waals surface area contributed by atoms with Crippen molar-refractivity contribution in [2.75, 3.05) is 7.11 Å². The zero-order chi connectivity index (χ0) is 12.4. The highest BCUT2D eigenvalue weighted by Gasteiger charge is 2.15. The molecule has 0 saturated heterocycles. The fourth-order valence-electron chi connectivity index (χ4n) is 1.50. The molecule has 1 aromatic heterocycles. The summed E-state index contributed by atoms with van der Waals surface area (Å²) in [7, 11) is 1.35. The number of halogens is 1. The van der Waals surface area contributed by atoms with Gasteiger partial charge in [0.25, 0.3) is 0 Å². The molecule has 17 heavy (non-hydrogen) atoms. The van der Waals surface area contributed by atoms with Gasteiger partial charge < -0.3 is 9.72 Å². The van der Waals surface area contributed by atoms with E-state index in [0.717, 1.165) is 9.13 Å². The number of aromatic amines is 1. The molecule has 0 bridgehead atoms. The summed E-state index contributed by atoms with van der Waals surface area (Å²) in [4.78, 5) is 18.8. The van der Waals surface area contributed by atoms with E-state index in [2.05, 4.69) is 37.3 Å². The van der Waals surface area contributed by atoms with Gasteiger partial charge in [-0.3, -0.25) is 0 Å². The molecule has 2 aromatic rings. The van der Waals surface area contributed by atoms with Crippen LogP contribution in [0.15, 0.2) is 24.3 Å². The normalized spacial score (nSPS) is 10.3. The Hall–Kier alpha value is -1.37. The largest absolute Gasteiger partial charge is 0.464 e. The third-order valence-electron chi connectivity index (χ3n) is 2.38. The van der Waals surface area contributed by atoms with Gasteiger partial charge in [0.05, 0.1) is 7.11 Å². The second kappa shape index (κ2) is 4.87. The van der Waals surface area contributed by atoms with Gasteiger partial charge in [-0.2, -0.15) is 0 Å². The number of rotatable bonds is 2. The number of nitrogens with one attached hydrogen (secondary N) is 1. The van der Waals surface area contributed by atoms with E-state index in [1.807, 2.05) is 24.3 Å². The number of ether oxygens (including phenoxy) is 1. The average molecular weight is 342 g/mol. The van der Waals surface area contributed by atoms with Crippen LogP contribution in [0.25, 0.3) is 11.4 Å². The zero-order valence-corrected chi connectivity index (χ0v) is 11.6. The fraction of sp³-hybridized carbons (Fsp3) is 0.167. The second-order valence-electron chi connectivity index (χ2n) is 3.56. The topological polar surface area (TPSA) is 55.0 Å². The second-order valence-corrected chi connectivity index (χ2v) is 4.80. The van der Waals surface area contributed by atoms with Crippen LogP contribution in [0.3, 0.4) is 0 Å². The van der Waals surface area contributed by atoms with Gasteiger partial charge in [-0.15, -0.1) is 0 Å². The van der Waals surface area contributed by atoms with E-state index in [1.54, 1.807) is 6.92 Å². The van der Waals surface area contributed by atoms with Crippen LogP contribution >= 0.6 is 22.6 Å². The Morgan fingerprint density at radius 1 is 1.35 bits per heavy atom. The quantitative estimate of drug-likeness (QED) is 0.675. The SMILES string of the molecule is COC(=O)c1nc(-c2ccc(I)cc2)[nH]c1C. The fourth-order valence-corrected chi connectivity index (χ4v) is 1.86. The minimum atomic E-state index is -0.421. The average Bonchev–Trinajstić information content (AvgIpc) is 2.71. The number of aryl methyl sites for hydroxylation is 1. The smallest absolute Gasteiger partial charge is 0.358 e. The van der Waals surface area contributed by atoms with E-state index in [4.69, 9.17) is 0 Å². The van der Waals surface area contributed by atoms with Crippen molar-refractivity contribution < 1.29 is 9.53 Å². The lowest BCUT2D eigenvalue weighted by atomic mass is 10.2. The lowest BCUT2D eigenvalue weighted by molar-refractivity contribution is 0.0594. The number of carbonyl (C=O) groups excluding carboxylic acids is 1. The molecule has 5 heteroatoms. The van der Waals surface area contributed by atoms with Crippen molar-refractivity contribution in [1.29, 1.82) is 0 Å². The zero-order valence-electron chi connectivity index (χ0n) is 9.45. The van der Waals surface area contributed by atoms with Crippen LogP contribution in [0.5, 0.6) is 0 Å². The maximum Gasteiger partial charge on any atom is 0.358 e. The highest BCUT2D eigenvalue weighted by atomic mass is 127. The number of benzene rings is 1. The number of methoxy groups -OCH3 is 1. The van der Waals surface area contributed by atoms with Gasteiger partial charge in [0, 0.05) is 14.8 Å². The van der Waals surface area contributed by atoms with Gasteiger partial charge in [0.15, 0.2) is 5.69 Å². The summed E-state index contributed by atoms with van der Waals surface area (Å²) in [5, 5.41) is 0. The van der Waals surface area contributed by atoms with Crippen molar-refractivity contribution in [2.45, 2.75) is 6.92 Å². The van der Waals surface area contributed by atoms with E-state index >= 15 is 0 Å². The van der Waals surface area contributed by atoms with Gasteiger partial charge in [0.2, 0.25) is 0 Å². The molecule has 1 heterocycles. The molecule has 0 fully saturated rings. The number of aromatic nitrogens is 2. The van der Waals surface area contributed by atoms with Crippen LogP contribution in [-0.4, -0.2) is 23.0 Å². The minimum absolute atomic E-state index is 0.334. The first-order valence-electron chi connectivity index (χ1n) is 5.02. The molecule has 0 aliphatic rings. The Kier molecular flexibility index (Phi) is 3.46. The number of carbonyl (C=O) groups is 1. The first-order valence-corrected chi connectivity index (χ1v) is 6.10. The van der Waals surface area contributed by atoms with Crippen molar-refractivity contribution >= 4 is 28.6 Å². The number of hydrogen-bond acceptors (Lipinski definition) is 3. The Balaban J connectivity index is 2.41. The predicted octanol–water partition coefficient (Wildman–Crippen LogP) is 2.78. The van der Waals surface area contributed by atoms with E-state index < -0.39 is 5.97 Å². The van der Waals surface area contributed by atoms with E-state index in [9.17, 15) is 4.79 Å². The Morgan fingerprint density at radius 2 is 2.00 bits per heavy atom. The molecule has 0 aliphatic carbocycles. The minimum Gasteiger partial charge on any atom is -0.464 e. The molecular weight excluding hydrogens is 331 g/mol. The molecule has 0 spiro atoms. The van der Waals surface area contributed by atoms with Crippen molar-refractivity contribution in [2.24, 2.45) is 0 Å².